The number of benzene rings is 2. The smallest absolute Gasteiger partial charge is 0.233 e. The maximum absolute atomic E-state index is 13.0. The molecule has 1 fully saturated rings. The van der Waals surface area contributed by atoms with Gasteiger partial charge < -0.3 is 10.2 Å². The molecule has 3 aromatic rings. The van der Waals surface area contributed by atoms with Crippen molar-refractivity contribution in [2.75, 3.05) is 18.8 Å². The number of amides is 2. The van der Waals surface area contributed by atoms with E-state index in [0.717, 1.165) is 29.9 Å². The third kappa shape index (κ3) is 6.11. The Balaban J connectivity index is 1.55. The molecule has 1 aliphatic heterocycles. The average Bonchev–Trinajstić information content (AvgIpc) is 3.26. The van der Waals surface area contributed by atoms with E-state index in [-0.39, 0.29) is 29.0 Å². The number of carbonyl (C=O) groups is 2. The fourth-order valence-electron chi connectivity index (χ4n) is 4.31. The van der Waals surface area contributed by atoms with Gasteiger partial charge in [0.2, 0.25) is 11.8 Å². The molecule has 0 radical (unpaired) electrons. The van der Waals surface area contributed by atoms with Crippen molar-refractivity contribution in [1.29, 1.82) is 0 Å². The summed E-state index contributed by atoms with van der Waals surface area (Å²) in [7, 11) is 0. The standard InChI is InChI=1S/C27H33N5O2S/c1-19(33)28-22-9-8-16-31(17-22)24(34)18-35-26-30-29-25(32(26)23-10-6-5-7-11-23)20-12-14-21(15-13-20)27(2,3)4/h5-7,10-15,22H,8-9,16-18H2,1-4H3,(H,28,33). The van der Waals surface area contributed by atoms with Gasteiger partial charge >= 0.3 is 0 Å². The van der Waals surface area contributed by atoms with Crippen molar-refractivity contribution in [3.8, 4) is 17.1 Å². The quantitative estimate of drug-likeness (QED) is 0.515. The minimum Gasteiger partial charge on any atom is -0.352 e. The van der Waals surface area contributed by atoms with E-state index in [2.05, 4.69) is 60.6 Å². The van der Waals surface area contributed by atoms with E-state index in [9.17, 15) is 9.59 Å². The molecule has 4 rings (SSSR count). The molecule has 7 nitrogen and oxygen atoms in total. The van der Waals surface area contributed by atoms with E-state index in [1.165, 1.54) is 24.2 Å². The number of rotatable bonds is 6. The van der Waals surface area contributed by atoms with Crippen molar-refractivity contribution in [3.05, 3.63) is 60.2 Å². The molecule has 0 spiro atoms. The van der Waals surface area contributed by atoms with Gasteiger partial charge in [0.1, 0.15) is 0 Å². The molecule has 1 aliphatic rings. The minimum absolute atomic E-state index is 0.0193. The Bertz CT molecular complexity index is 1170. The van der Waals surface area contributed by atoms with Crippen LogP contribution < -0.4 is 5.32 Å². The first-order valence-corrected chi connectivity index (χ1v) is 13.0. The van der Waals surface area contributed by atoms with Crippen LogP contribution >= 0.6 is 11.8 Å². The summed E-state index contributed by atoms with van der Waals surface area (Å²) in [6, 6.07) is 18.4. The Hall–Kier alpha value is -3.13. The monoisotopic (exact) mass is 491 g/mol. The molecule has 8 heteroatoms. The van der Waals surface area contributed by atoms with Gasteiger partial charge in [-0.05, 0) is 36.0 Å². The first kappa shape index (κ1) is 25.0. The molecule has 1 aromatic heterocycles. The summed E-state index contributed by atoms with van der Waals surface area (Å²) in [5.41, 5.74) is 3.25. The summed E-state index contributed by atoms with van der Waals surface area (Å²) in [6.07, 6.45) is 1.78. The highest BCUT2D eigenvalue weighted by atomic mass is 32.2. The van der Waals surface area contributed by atoms with Crippen LogP contribution in [0, 0.1) is 0 Å². The van der Waals surface area contributed by atoms with E-state index in [1.807, 2.05) is 39.8 Å². The van der Waals surface area contributed by atoms with Crippen LogP contribution in [-0.2, 0) is 15.0 Å². The van der Waals surface area contributed by atoms with Crippen molar-refractivity contribution in [1.82, 2.24) is 25.0 Å². The van der Waals surface area contributed by atoms with Gasteiger partial charge in [0.25, 0.3) is 0 Å². The number of thioether (sulfide) groups is 1. The molecule has 1 saturated heterocycles. The summed E-state index contributed by atoms with van der Waals surface area (Å²) in [6.45, 7) is 9.37. The topological polar surface area (TPSA) is 80.1 Å². The average molecular weight is 492 g/mol. The molecular formula is C27H33N5O2S. The fraction of sp³-hybridized carbons (Fsp3) is 0.407. The molecule has 2 heterocycles. The summed E-state index contributed by atoms with van der Waals surface area (Å²) in [5, 5.41) is 12.6. The predicted molar refractivity (Wildman–Crippen MR) is 140 cm³/mol. The van der Waals surface area contributed by atoms with Crippen molar-refractivity contribution < 1.29 is 9.59 Å². The Morgan fingerprint density at radius 1 is 1.06 bits per heavy atom. The van der Waals surface area contributed by atoms with Crippen LogP contribution in [0.1, 0.15) is 46.1 Å². The van der Waals surface area contributed by atoms with Gasteiger partial charge in [0.15, 0.2) is 11.0 Å². The number of nitrogens with one attached hydrogen (secondary N) is 1. The first-order chi connectivity index (χ1) is 16.7. The first-order valence-electron chi connectivity index (χ1n) is 12.0. The molecule has 184 valence electrons. The zero-order chi connectivity index (χ0) is 25.0. The molecule has 0 aliphatic carbocycles. The fourth-order valence-corrected chi connectivity index (χ4v) is 5.16. The van der Waals surface area contributed by atoms with Crippen LogP contribution in [-0.4, -0.2) is 56.4 Å². The Morgan fingerprint density at radius 2 is 1.77 bits per heavy atom. The number of hydrogen-bond acceptors (Lipinski definition) is 5. The maximum Gasteiger partial charge on any atom is 0.233 e. The van der Waals surface area contributed by atoms with Crippen molar-refractivity contribution in [3.63, 3.8) is 0 Å². The number of likely N-dealkylation sites (tertiary alicyclic amines) is 1. The second-order valence-corrected chi connectivity index (χ2v) is 10.9. The molecule has 1 unspecified atom stereocenters. The number of nitrogens with zero attached hydrogens (tertiary/aromatic N) is 4. The van der Waals surface area contributed by atoms with Gasteiger partial charge in [0.05, 0.1) is 5.75 Å². The molecule has 0 saturated carbocycles. The third-order valence-corrected chi connectivity index (χ3v) is 7.08. The van der Waals surface area contributed by atoms with Crippen LogP contribution in [0.4, 0.5) is 0 Å². The maximum atomic E-state index is 13.0. The lowest BCUT2D eigenvalue weighted by Crippen LogP contribution is -2.49. The van der Waals surface area contributed by atoms with Crippen LogP contribution in [0.5, 0.6) is 0 Å². The summed E-state index contributed by atoms with van der Waals surface area (Å²) in [4.78, 5) is 26.3. The van der Waals surface area contributed by atoms with Crippen LogP contribution in [0.25, 0.3) is 17.1 Å². The molecule has 1 N–H and O–H groups in total. The SMILES string of the molecule is CC(=O)NC1CCCN(C(=O)CSc2nnc(-c3ccc(C(C)(C)C)cc3)n2-c2ccccc2)C1. The van der Waals surface area contributed by atoms with Crippen molar-refractivity contribution >= 4 is 23.6 Å². The van der Waals surface area contributed by atoms with E-state index in [1.54, 1.807) is 0 Å². The largest absolute Gasteiger partial charge is 0.352 e. The Kier molecular flexibility index (Phi) is 7.60. The molecule has 2 aromatic carbocycles. The van der Waals surface area contributed by atoms with Gasteiger partial charge in [-0.15, -0.1) is 10.2 Å². The second kappa shape index (κ2) is 10.6. The number of aromatic nitrogens is 3. The molecular weight excluding hydrogens is 458 g/mol. The van der Waals surface area contributed by atoms with Crippen LogP contribution in [0.15, 0.2) is 59.8 Å². The molecule has 35 heavy (non-hydrogen) atoms. The highest BCUT2D eigenvalue weighted by Crippen LogP contribution is 2.30. The number of para-hydroxylation sites is 1. The number of hydrogen-bond donors (Lipinski definition) is 1. The zero-order valence-corrected chi connectivity index (χ0v) is 21.6. The normalized spacial score (nSPS) is 16.2. The second-order valence-electron chi connectivity index (χ2n) is 9.97. The number of piperidine rings is 1. The molecule has 1 atom stereocenters. The minimum atomic E-state index is -0.0577. The van der Waals surface area contributed by atoms with Crippen molar-refractivity contribution in [2.24, 2.45) is 0 Å². The van der Waals surface area contributed by atoms with Crippen LogP contribution in [0.2, 0.25) is 0 Å². The van der Waals surface area contributed by atoms with Gasteiger partial charge in [0, 0.05) is 37.3 Å². The van der Waals surface area contributed by atoms with Crippen LogP contribution in [0.3, 0.4) is 0 Å². The lowest BCUT2D eigenvalue weighted by molar-refractivity contribution is -0.130. The zero-order valence-electron chi connectivity index (χ0n) is 20.8. The highest BCUT2D eigenvalue weighted by molar-refractivity contribution is 7.99. The highest BCUT2D eigenvalue weighted by Gasteiger charge is 2.25. The van der Waals surface area contributed by atoms with Gasteiger partial charge in [-0.1, -0.05) is 75.0 Å². The van der Waals surface area contributed by atoms with E-state index in [0.29, 0.717) is 18.2 Å². The van der Waals surface area contributed by atoms with Crippen molar-refractivity contribution in [2.45, 2.75) is 57.1 Å². The van der Waals surface area contributed by atoms with E-state index in [4.69, 9.17) is 0 Å². The Labute approximate surface area is 211 Å². The van der Waals surface area contributed by atoms with E-state index < -0.39 is 0 Å². The number of carbonyl (C=O) groups excluding carboxylic acids is 2. The third-order valence-electron chi connectivity index (χ3n) is 6.16. The molecule has 2 amide bonds. The van der Waals surface area contributed by atoms with Gasteiger partial charge in [-0.25, -0.2) is 0 Å². The predicted octanol–water partition coefficient (Wildman–Crippen LogP) is 4.45. The Morgan fingerprint density at radius 3 is 2.43 bits per heavy atom. The lowest BCUT2D eigenvalue weighted by Gasteiger charge is -2.33. The molecule has 0 bridgehead atoms. The van der Waals surface area contributed by atoms with Gasteiger partial charge in [-0.3, -0.25) is 14.2 Å². The lowest BCUT2D eigenvalue weighted by atomic mass is 9.87. The van der Waals surface area contributed by atoms with E-state index >= 15 is 0 Å². The summed E-state index contributed by atoms with van der Waals surface area (Å²) < 4.78 is 2.01. The van der Waals surface area contributed by atoms with Gasteiger partial charge in [-0.2, -0.15) is 0 Å². The summed E-state index contributed by atoms with van der Waals surface area (Å²) in [5.74, 6) is 0.998. The summed E-state index contributed by atoms with van der Waals surface area (Å²) >= 11 is 1.39.